The first-order valence-electron chi connectivity index (χ1n) is 7.47. The van der Waals surface area contributed by atoms with Gasteiger partial charge in [-0.15, -0.1) is 0 Å². The molecule has 0 aromatic carbocycles. The van der Waals surface area contributed by atoms with Crippen molar-refractivity contribution in [3.05, 3.63) is 30.1 Å². The van der Waals surface area contributed by atoms with Gasteiger partial charge in [0.1, 0.15) is 0 Å². The Bertz CT molecular complexity index is 513. The molecule has 1 saturated heterocycles. The molecule has 2 N–H and O–H groups in total. The summed E-state index contributed by atoms with van der Waals surface area (Å²) in [6, 6.07) is 5.47. The van der Waals surface area contributed by atoms with E-state index in [4.69, 9.17) is 0 Å². The molecule has 1 aromatic rings. The lowest BCUT2D eigenvalue weighted by atomic mass is 9.98. The third-order valence-corrected chi connectivity index (χ3v) is 5.31. The first kappa shape index (κ1) is 16.4. The van der Waals surface area contributed by atoms with Crippen molar-refractivity contribution < 1.29 is 8.42 Å². The Morgan fingerprint density at radius 1 is 1.33 bits per heavy atom. The van der Waals surface area contributed by atoms with Crippen LogP contribution in [0.1, 0.15) is 25.5 Å². The van der Waals surface area contributed by atoms with Crippen LogP contribution in [0.4, 0.5) is 0 Å². The van der Waals surface area contributed by atoms with Crippen molar-refractivity contribution in [3.8, 4) is 0 Å². The van der Waals surface area contributed by atoms with Gasteiger partial charge in [0.2, 0.25) is 0 Å². The Morgan fingerprint density at radius 3 is 2.71 bits per heavy atom. The maximum Gasteiger partial charge on any atom is 0.279 e. The van der Waals surface area contributed by atoms with Crippen molar-refractivity contribution in [1.82, 2.24) is 19.3 Å². The summed E-state index contributed by atoms with van der Waals surface area (Å²) in [5.74, 6) is 0.576. The molecule has 118 valence electrons. The summed E-state index contributed by atoms with van der Waals surface area (Å²) in [4.78, 5) is 4.12. The van der Waals surface area contributed by atoms with Gasteiger partial charge in [0.15, 0.2) is 0 Å². The minimum atomic E-state index is -3.40. The maximum atomic E-state index is 12.3. The highest BCUT2D eigenvalue weighted by Crippen LogP contribution is 2.18. The SMILES string of the molecule is CCNCC1CCN(S(=O)(=O)NCc2ccccn2)CC1. The third-order valence-electron chi connectivity index (χ3n) is 3.76. The van der Waals surface area contributed by atoms with E-state index in [1.54, 1.807) is 10.5 Å². The molecular formula is C14H24N4O2S. The Labute approximate surface area is 127 Å². The van der Waals surface area contributed by atoms with E-state index in [1.165, 1.54) is 0 Å². The average Bonchev–Trinajstić information content (AvgIpc) is 2.52. The number of pyridine rings is 1. The van der Waals surface area contributed by atoms with E-state index in [9.17, 15) is 8.42 Å². The largest absolute Gasteiger partial charge is 0.317 e. The number of hydrogen-bond acceptors (Lipinski definition) is 4. The Morgan fingerprint density at radius 2 is 2.10 bits per heavy atom. The van der Waals surface area contributed by atoms with Gasteiger partial charge < -0.3 is 5.32 Å². The molecule has 6 nitrogen and oxygen atoms in total. The van der Waals surface area contributed by atoms with Gasteiger partial charge in [-0.2, -0.15) is 17.4 Å². The quantitative estimate of drug-likeness (QED) is 0.779. The summed E-state index contributed by atoms with van der Waals surface area (Å²) in [5.41, 5.74) is 0.725. The van der Waals surface area contributed by atoms with E-state index in [-0.39, 0.29) is 6.54 Å². The highest BCUT2D eigenvalue weighted by molar-refractivity contribution is 7.87. The van der Waals surface area contributed by atoms with Crippen LogP contribution >= 0.6 is 0 Å². The first-order chi connectivity index (χ1) is 10.1. The van der Waals surface area contributed by atoms with Gasteiger partial charge >= 0.3 is 0 Å². The summed E-state index contributed by atoms with van der Waals surface area (Å²) in [6.45, 7) is 5.44. The van der Waals surface area contributed by atoms with E-state index >= 15 is 0 Å². The van der Waals surface area contributed by atoms with Crippen LogP contribution in [-0.2, 0) is 16.8 Å². The van der Waals surface area contributed by atoms with Crippen LogP contribution in [-0.4, -0.2) is 43.9 Å². The van der Waals surface area contributed by atoms with E-state index in [1.807, 2.05) is 18.2 Å². The number of aromatic nitrogens is 1. The fourth-order valence-electron chi connectivity index (χ4n) is 2.46. The summed E-state index contributed by atoms with van der Waals surface area (Å²) >= 11 is 0. The van der Waals surface area contributed by atoms with Crippen molar-refractivity contribution >= 4 is 10.2 Å². The fraction of sp³-hybridized carbons (Fsp3) is 0.643. The van der Waals surface area contributed by atoms with Gasteiger partial charge in [-0.25, -0.2) is 0 Å². The van der Waals surface area contributed by atoms with Crippen molar-refractivity contribution in [1.29, 1.82) is 0 Å². The molecule has 21 heavy (non-hydrogen) atoms. The van der Waals surface area contributed by atoms with Crippen molar-refractivity contribution in [2.45, 2.75) is 26.3 Å². The van der Waals surface area contributed by atoms with Crippen LogP contribution in [0.5, 0.6) is 0 Å². The summed E-state index contributed by atoms with van der Waals surface area (Å²) in [7, 11) is -3.40. The summed E-state index contributed by atoms with van der Waals surface area (Å²) in [6.07, 6.45) is 3.49. The Hall–Kier alpha value is -1.02. The second-order valence-electron chi connectivity index (χ2n) is 5.30. The molecule has 0 aliphatic carbocycles. The number of nitrogens with one attached hydrogen (secondary N) is 2. The molecule has 0 atom stereocenters. The molecule has 0 bridgehead atoms. The monoisotopic (exact) mass is 312 g/mol. The fourth-order valence-corrected chi connectivity index (χ4v) is 3.67. The van der Waals surface area contributed by atoms with Gasteiger partial charge in [-0.05, 0) is 44.0 Å². The summed E-state index contributed by atoms with van der Waals surface area (Å²) in [5, 5.41) is 3.33. The lowest BCUT2D eigenvalue weighted by molar-refractivity contribution is 0.266. The minimum Gasteiger partial charge on any atom is -0.317 e. The van der Waals surface area contributed by atoms with E-state index in [0.29, 0.717) is 19.0 Å². The van der Waals surface area contributed by atoms with Crippen LogP contribution in [0, 0.1) is 5.92 Å². The number of piperidine rings is 1. The predicted molar refractivity (Wildman–Crippen MR) is 82.8 cm³/mol. The van der Waals surface area contributed by atoms with Crippen molar-refractivity contribution in [2.75, 3.05) is 26.2 Å². The topological polar surface area (TPSA) is 74.3 Å². The standard InChI is InChI=1S/C14H24N4O2S/c1-2-15-11-13-6-9-18(10-7-13)21(19,20)17-12-14-5-3-4-8-16-14/h3-5,8,13,15,17H,2,6-7,9-12H2,1H3. The molecule has 0 unspecified atom stereocenters. The minimum absolute atomic E-state index is 0.237. The third kappa shape index (κ3) is 5.03. The second-order valence-corrected chi connectivity index (χ2v) is 7.05. The van der Waals surface area contributed by atoms with Gasteiger partial charge in [0.25, 0.3) is 10.2 Å². The van der Waals surface area contributed by atoms with Crippen LogP contribution in [0.15, 0.2) is 24.4 Å². The molecule has 0 amide bonds. The van der Waals surface area contributed by atoms with Gasteiger partial charge in [0, 0.05) is 19.3 Å². The molecule has 2 heterocycles. The molecular weight excluding hydrogens is 288 g/mol. The molecule has 1 fully saturated rings. The molecule has 2 rings (SSSR count). The van der Waals surface area contributed by atoms with Crippen LogP contribution in [0.2, 0.25) is 0 Å². The highest BCUT2D eigenvalue weighted by atomic mass is 32.2. The average molecular weight is 312 g/mol. The lowest BCUT2D eigenvalue weighted by Gasteiger charge is -2.31. The second kappa shape index (κ2) is 7.84. The predicted octanol–water partition coefficient (Wildman–Crippen LogP) is 0.738. The van der Waals surface area contributed by atoms with Crippen LogP contribution in [0.3, 0.4) is 0 Å². The zero-order chi connectivity index (χ0) is 15.1. The van der Waals surface area contributed by atoms with Crippen LogP contribution < -0.4 is 10.0 Å². The van der Waals surface area contributed by atoms with Crippen molar-refractivity contribution in [3.63, 3.8) is 0 Å². The van der Waals surface area contributed by atoms with Crippen LogP contribution in [0.25, 0.3) is 0 Å². The molecule has 0 spiro atoms. The first-order valence-corrected chi connectivity index (χ1v) is 8.91. The smallest absolute Gasteiger partial charge is 0.279 e. The Kier molecular flexibility index (Phi) is 6.10. The van der Waals surface area contributed by atoms with E-state index in [0.717, 1.165) is 31.6 Å². The lowest BCUT2D eigenvalue weighted by Crippen LogP contribution is -2.45. The molecule has 0 radical (unpaired) electrons. The maximum absolute atomic E-state index is 12.3. The zero-order valence-corrected chi connectivity index (χ0v) is 13.3. The molecule has 0 saturated carbocycles. The zero-order valence-electron chi connectivity index (χ0n) is 12.5. The molecule has 7 heteroatoms. The van der Waals surface area contributed by atoms with E-state index in [2.05, 4.69) is 21.9 Å². The molecule has 1 aromatic heterocycles. The summed E-state index contributed by atoms with van der Waals surface area (Å²) < 4.78 is 28.7. The van der Waals surface area contributed by atoms with E-state index < -0.39 is 10.2 Å². The number of hydrogen-bond donors (Lipinski definition) is 2. The van der Waals surface area contributed by atoms with Gasteiger partial charge in [0.05, 0.1) is 12.2 Å². The van der Waals surface area contributed by atoms with Gasteiger partial charge in [-0.1, -0.05) is 13.0 Å². The van der Waals surface area contributed by atoms with Gasteiger partial charge in [-0.3, -0.25) is 4.98 Å². The highest BCUT2D eigenvalue weighted by Gasteiger charge is 2.27. The molecule has 1 aliphatic rings. The Balaban J connectivity index is 1.81. The number of rotatable bonds is 7. The number of nitrogens with zero attached hydrogens (tertiary/aromatic N) is 2. The normalized spacial score (nSPS) is 18.0. The van der Waals surface area contributed by atoms with Crippen molar-refractivity contribution in [2.24, 2.45) is 5.92 Å². The molecule has 1 aliphatic heterocycles.